The predicted octanol–water partition coefficient (Wildman–Crippen LogP) is 24.4. The first-order valence-electron chi connectivity index (χ1n) is 35.2. The van der Waals surface area contributed by atoms with E-state index in [1.807, 2.05) is 0 Å². The Labute approximate surface area is 508 Å². The van der Waals surface area contributed by atoms with Gasteiger partial charge in [-0.05, 0) is 122 Å². The molecule has 1 atom stereocenters. The van der Waals surface area contributed by atoms with Crippen molar-refractivity contribution in [3.05, 3.63) is 97.2 Å². The molecule has 0 aromatic heterocycles. The molecule has 0 aliphatic rings. The zero-order valence-corrected chi connectivity index (χ0v) is 54.2. The normalized spacial score (nSPS) is 12.7. The second-order valence-electron chi connectivity index (χ2n) is 23.4. The summed E-state index contributed by atoms with van der Waals surface area (Å²) in [4.78, 5) is 38.3. The monoisotopic (exact) mass is 1140 g/mol. The molecule has 6 nitrogen and oxygen atoms in total. The van der Waals surface area contributed by atoms with Crippen molar-refractivity contribution < 1.29 is 28.6 Å². The van der Waals surface area contributed by atoms with E-state index in [-0.39, 0.29) is 31.1 Å². The molecule has 0 N–H and O–H groups in total. The van der Waals surface area contributed by atoms with Crippen molar-refractivity contribution in [3.63, 3.8) is 0 Å². The number of ether oxygens (including phenoxy) is 3. The van der Waals surface area contributed by atoms with Crippen LogP contribution < -0.4 is 0 Å². The third-order valence-corrected chi connectivity index (χ3v) is 15.3. The van der Waals surface area contributed by atoms with E-state index < -0.39 is 6.10 Å². The van der Waals surface area contributed by atoms with Crippen LogP contribution in [-0.4, -0.2) is 37.2 Å². The Hall–Kier alpha value is -3.67. The molecule has 6 heteroatoms. The van der Waals surface area contributed by atoms with Crippen LogP contribution in [0.3, 0.4) is 0 Å². The van der Waals surface area contributed by atoms with Crippen LogP contribution in [0, 0.1) is 0 Å². The SMILES string of the molecule is CC/C=C\C/C=C\C/C=C\C/C=C\C/C=C\CCCCCCCCCCCCCCCCCCCCCC(=O)OCC(COC(=O)CCCCCCC/C=C\CCCCC)OC(=O)CCCCCCCCC/C=C\C/C=C\CCCCC. The molecule has 0 aliphatic carbocycles. The van der Waals surface area contributed by atoms with Crippen LogP contribution in [0.25, 0.3) is 0 Å². The molecule has 0 aliphatic heterocycles. The van der Waals surface area contributed by atoms with Gasteiger partial charge in [0.25, 0.3) is 0 Å². The molecule has 0 spiro atoms. The average molecular weight is 1140 g/mol. The molecule has 0 fully saturated rings. The van der Waals surface area contributed by atoms with Gasteiger partial charge in [0, 0.05) is 19.3 Å². The Morgan fingerprint density at radius 2 is 0.476 bits per heavy atom. The maximum absolute atomic E-state index is 12.9. The number of esters is 3. The lowest BCUT2D eigenvalue weighted by atomic mass is 10.0. The van der Waals surface area contributed by atoms with Crippen LogP contribution >= 0.6 is 0 Å². The minimum absolute atomic E-state index is 0.0792. The van der Waals surface area contributed by atoms with Crippen LogP contribution in [0.4, 0.5) is 0 Å². The molecule has 0 radical (unpaired) electrons. The molecule has 0 bridgehead atoms. The standard InChI is InChI=1S/C76H132O6/c1-4-7-10-13-16-19-22-25-27-29-30-31-32-33-34-35-36-37-38-39-40-41-42-43-44-45-46-48-49-51-54-57-60-63-66-69-75(78)81-72-73(71-80-74(77)68-65-62-59-56-53-24-21-18-15-12-9-6-3)82-76(79)70-67-64-61-58-55-52-50-47-28-26-23-20-17-14-11-8-5-2/h7,10,16-21,25-28,30-31,33-34,73H,4-6,8-9,11-15,22-24,29,32,35-72H2,1-3H3/b10-7-,19-16-,20-17-,21-18-,27-25-,28-26-,31-30-,34-33-. The molecule has 472 valence electrons. The number of hydrogen-bond acceptors (Lipinski definition) is 6. The maximum atomic E-state index is 12.9. The van der Waals surface area contributed by atoms with Crippen LogP contribution in [0.1, 0.15) is 348 Å². The van der Waals surface area contributed by atoms with Crippen molar-refractivity contribution in [3.8, 4) is 0 Å². The molecule has 1 unspecified atom stereocenters. The van der Waals surface area contributed by atoms with E-state index in [9.17, 15) is 14.4 Å². The number of unbranched alkanes of at least 4 members (excludes halogenated alkanes) is 37. The highest BCUT2D eigenvalue weighted by Gasteiger charge is 2.19. The smallest absolute Gasteiger partial charge is 0.306 e. The molecule has 0 aromatic rings. The van der Waals surface area contributed by atoms with E-state index in [1.54, 1.807) is 0 Å². The van der Waals surface area contributed by atoms with Gasteiger partial charge in [-0.25, -0.2) is 0 Å². The second kappa shape index (κ2) is 69.8. The quantitative estimate of drug-likeness (QED) is 0.0261. The summed E-state index contributed by atoms with van der Waals surface area (Å²) in [6.07, 6.45) is 94.4. The van der Waals surface area contributed by atoms with Gasteiger partial charge in [-0.15, -0.1) is 0 Å². The van der Waals surface area contributed by atoms with Gasteiger partial charge in [-0.1, -0.05) is 304 Å². The Bertz CT molecular complexity index is 1590. The minimum atomic E-state index is -0.783. The minimum Gasteiger partial charge on any atom is -0.462 e. The first kappa shape index (κ1) is 78.3. The fourth-order valence-electron chi connectivity index (χ4n) is 10.0. The highest BCUT2D eigenvalue weighted by Crippen LogP contribution is 2.17. The number of carbonyl (C=O) groups is 3. The summed E-state index contributed by atoms with van der Waals surface area (Å²) in [5.74, 6) is -0.881. The van der Waals surface area contributed by atoms with E-state index in [1.165, 1.54) is 199 Å². The molecule has 0 saturated carbocycles. The number of carbonyl (C=O) groups excluding carboxylic acids is 3. The average Bonchev–Trinajstić information content (AvgIpc) is 3.47. The highest BCUT2D eigenvalue weighted by atomic mass is 16.6. The van der Waals surface area contributed by atoms with Crippen molar-refractivity contribution in [1.82, 2.24) is 0 Å². The Kier molecular flexibility index (Phi) is 66.7. The van der Waals surface area contributed by atoms with E-state index >= 15 is 0 Å². The summed E-state index contributed by atoms with van der Waals surface area (Å²) in [6, 6.07) is 0. The summed E-state index contributed by atoms with van der Waals surface area (Å²) in [7, 11) is 0. The molecule has 0 saturated heterocycles. The largest absolute Gasteiger partial charge is 0.462 e. The predicted molar refractivity (Wildman–Crippen MR) is 357 cm³/mol. The third-order valence-electron chi connectivity index (χ3n) is 15.3. The van der Waals surface area contributed by atoms with Crippen LogP contribution in [0.2, 0.25) is 0 Å². The first-order valence-corrected chi connectivity index (χ1v) is 35.2. The van der Waals surface area contributed by atoms with Gasteiger partial charge in [-0.3, -0.25) is 14.4 Å². The van der Waals surface area contributed by atoms with Gasteiger partial charge < -0.3 is 14.2 Å². The van der Waals surface area contributed by atoms with Crippen molar-refractivity contribution in [2.45, 2.75) is 354 Å². The highest BCUT2D eigenvalue weighted by molar-refractivity contribution is 5.71. The zero-order chi connectivity index (χ0) is 59.2. The lowest BCUT2D eigenvalue weighted by Gasteiger charge is -2.18. The van der Waals surface area contributed by atoms with Crippen molar-refractivity contribution >= 4 is 17.9 Å². The number of allylic oxidation sites excluding steroid dienone is 16. The van der Waals surface area contributed by atoms with E-state index in [4.69, 9.17) is 14.2 Å². The Balaban J connectivity index is 4.12. The van der Waals surface area contributed by atoms with Gasteiger partial charge in [0.05, 0.1) is 0 Å². The lowest BCUT2D eigenvalue weighted by Crippen LogP contribution is -2.30. The molecule has 0 heterocycles. The summed E-state index contributed by atoms with van der Waals surface area (Å²) in [5, 5.41) is 0. The fraction of sp³-hybridized carbons (Fsp3) is 0.750. The van der Waals surface area contributed by atoms with Crippen molar-refractivity contribution in [2.24, 2.45) is 0 Å². The van der Waals surface area contributed by atoms with Crippen LogP contribution in [-0.2, 0) is 28.6 Å². The molecule has 82 heavy (non-hydrogen) atoms. The topological polar surface area (TPSA) is 78.9 Å². The summed E-state index contributed by atoms with van der Waals surface area (Å²) < 4.78 is 16.9. The lowest BCUT2D eigenvalue weighted by molar-refractivity contribution is -0.167. The van der Waals surface area contributed by atoms with Crippen molar-refractivity contribution in [2.75, 3.05) is 13.2 Å². The van der Waals surface area contributed by atoms with Gasteiger partial charge in [-0.2, -0.15) is 0 Å². The zero-order valence-electron chi connectivity index (χ0n) is 54.2. The number of rotatable bonds is 64. The summed E-state index contributed by atoms with van der Waals surface area (Å²) >= 11 is 0. The van der Waals surface area contributed by atoms with Gasteiger partial charge in [0.15, 0.2) is 6.10 Å². The van der Waals surface area contributed by atoms with E-state index in [0.717, 1.165) is 109 Å². The summed E-state index contributed by atoms with van der Waals surface area (Å²) in [5.41, 5.74) is 0. The fourth-order valence-corrected chi connectivity index (χ4v) is 10.0. The van der Waals surface area contributed by atoms with E-state index in [2.05, 4.69) is 118 Å². The van der Waals surface area contributed by atoms with Gasteiger partial charge in [0.1, 0.15) is 13.2 Å². The Morgan fingerprint density at radius 3 is 0.756 bits per heavy atom. The van der Waals surface area contributed by atoms with Crippen molar-refractivity contribution in [1.29, 1.82) is 0 Å². The molecule has 0 amide bonds. The third kappa shape index (κ3) is 67.1. The van der Waals surface area contributed by atoms with Gasteiger partial charge >= 0.3 is 17.9 Å². The summed E-state index contributed by atoms with van der Waals surface area (Å²) in [6.45, 7) is 6.50. The molecular weight excluding hydrogens is 1010 g/mol. The molecule has 0 aromatic carbocycles. The van der Waals surface area contributed by atoms with Crippen LogP contribution in [0.15, 0.2) is 97.2 Å². The maximum Gasteiger partial charge on any atom is 0.306 e. The first-order chi connectivity index (χ1) is 40.5. The number of hydrogen-bond donors (Lipinski definition) is 0. The molecular formula is C76H132O6. The van der Waals surface area contributed by atoms with Crippen LogP contribution in [0.5, 0.6) is 0 Å². The Morgan fingerprint density at radius 1 is 0.256 bits per heavy atom. The second-order valence-corrected chi connectivity index (χ2v) is 23.4. The molecule has 0 rings (SSSR count). The van der Waals surface area contributed by atoms with Gasteiger partial charge in [0.2, 0.25) is 0 Å². The van der Waals surface area contributed by atoms with E-state index in [0.29, 0.717) is 19.3 Å².